The van der Waals surface area contributed by atoms with E-state index in [2.05, 4.69) is 27.9 Å². The zero-order valence-corrected chi connectivity index (χ0v) is 10.4. The standard InChI is InChI=1S/C14H16N4/c1-2-18-11-17-10-14(18)9-16-8-13-5-3-12(7-15)4-6-13/h3-6,10-11,16H,2,8-9H2,1H3. The maximum absolute atomic E-state index is 8.71. The number of nitriles is 1. The molecule has 2 aromatic rings. The molecule has 0 aliphatic heterocycles. The van der Waals surface area contributed by atoms with Crippen LogP contribution in [0.4, 0.5) is 0 Å². The molecule has 0 amide bonds. The van der Waals surface area contributed by atoms with E-state index in [1.54, 1.807) is 0 Å². The molecule has 0 atom stereocenters. The molecule has 0 saturated heterocycles. The Labute approximate surface area is 107 Å². The SMILES string of the molecule is CCn1cncc1CNCc1ccc(C#N)cc1. The van der Waals surface area contributed by atoms with Crippen molar-refractivity contribution in [2.75, 3.05) is 0 Å². The number of rotatable bonds is 5. The summed E-state index contributed by atoms with van der Waals surface area (Å²) in [5.74, 6) is 0. The lowest BCUT2D eigenvalue weighted by molar-refractivity contribution is 0.628. The Morgan fingerprint density at radius 1 is 1.28 bits per heavy atom. The van der Waals surface area contributed by atoms with E-state index in [0.717, 1.165) is 19.6 Å². The molecule has 92 valence electrons. The Hall–Kier alpha value is -2.12. The maximum atomic E-state index is 8.71. The van der Waals surface area contributed by atoms with Gasteiger partial charge in [0.05, 0.1) is 23.7 Å². The molecule has 0 spiro atoms. The second-order valence-electron chi connectivity index (χ2n) is 4.08. The molecule has 1 N–H and O–H groups in total. The number of aryl methyl sites for hydroxylation is 1. The van der Waals surface area contributed by atoms with Crippen LogP contribution in [0, 0.1) is 11.3 Å². The largest absolute Gasteiger partial charge is 0.334 e. The normalized spacial score (nSPS) is 10.2. The van der Waals surface area contributed by atoms with Gasteiger partial charge in [0.25, 0.3) is 0 Å². The highest BCUT2D eigenvalue weighted by Crippen LogP contribution is 2.04. The topological polar surface area (TPSA) is 53.6 Å². The zero-order valence-electron chi connectivity index (χ0n) is 10.4. The van der Waals surface area contributed by atoms with E-state index < -0.39 is 0 Å². The van der Waals surface area contributed by atoms with E-state index in [1.165, 1.54) is 11.3 Å². The van der Waals surface area contributed by atoms with Crippen molar-refractivity contribution in [3.8, 4) is 6.07 Å². The molecule has 2 rings (SSSR count). The summed E-state index contributed by atoms with van der Waals surface area (Å²) in [6.07, 6.45) is 3.73. The Bertz CT molecular complexity index is 534. The van der Waals surface area contributed by atoms with Crippen LogP contribution in [0.1, 0.15) is 23.7 Å². The Morgan fingerprint density at radius 2 is 2.06 bits per heavy atom. The van der Waals surface area contributed by atoms with Gasteiger partial charge in [0.15, 0.2) is 0 Å². The van der Waals surface area contributed by atoms with Crippen LogP contribution >= 0.6 is 0 Å². The Morgan fingerprint density at radius 3 is 2.72 bits per heavy atom. The van der Waals surface area contributed by atoms with Gasteiger partial charge >= 0.3 is 0 Å². The van der Waals surface area contributed by atoms with Crippen LogP contribution in [0.15, 0.2) is 36.8 Å². The average molecular weight is 240 g/mol. The third-order valence-electron chi connectivity index (χ3n) is 2.86. The van der Waals surface area contributed by atoms with Crippen LogP contribution in [-0.4, -0.2) is 9.55 Å². The van der Waals surface area contributed by atoms with Crippen molar-refractivity contribution in [1.29, 1.82) is 5.26 Å². The van der Waals surface area contributed by atoms with Crippen molar-refractivity contribution >= 4 is 0 Å². The summed E-state index contributed by atoms with van der Waals surface area (Å²) in [6, 6.07) is 9.75. The first-order valence-corrected chi connectivity index (χ1v) is 6.02. The van der Waals surface area contributed by atoms with Gasteiger partial charge in [0.1, 0.15) is 0 Å². The van der Waals surface area contributed by atoms with Gasteiger partial charge in [-0.15, -0.1) is 0 Å². The van der Waals surface area contributed by atoms with Crippen LogP contribution in [0.2, 0.25) is 0 Å². The maximum Gasteiger partial charge on any atom is 0.0991 e. The monoisotopic (exact) mass is 240 g/mol. The zero-order chi connectivity index (χ0) is 12.8. The molecular formula is C14H16N4. The fraction of sp³-hybridized carbons (Fsp3) is 0.286. The molecule has 4 nitrogen and oxygen atoms in total. The molecule has 0 radical (unpaired) electrons. The highest BCUT2D eigenvalue weighted by atomic mass is 15.1. The quantitative estimate of drug-likeness (QED) is 0.870. The first-order valence-electron chi connectivity index (χ1n) is 6.02. The highest BCUT2D eigenvalue weighted by molar-refractivity contribution is 5.31. The number of nitrogens with zero attached hydrogens (tertiary/aromatic N) is 3. The van der Waals surface area contributed by atoms with Crippen molar-refractivity contribution in [1.82, 2.24) is 14.9 Å². The fourth-order valence-electron chi connectivity index (χ4n) is 1.81. The van der Waals surface area contributed by atoms with Gasteiger partial charge in [0, 0.05) is 25.8 Å². The molecule has 0 saturated carbocycles. The van der Waals surface area contributed by atoms with Crippen LogP contribution in [0.5, 0.6) is 0 Å². The Balaban J connectivity index is 1.87. The van der Waals surface area contributed by atoms with Gasteiger partial charge < -0.3 is 9.88 Å². The predicted octanol–water partition coefficient (Wildman–Crippen LogP) is 2.06. The summed E-state index contributed by atoms with van der Waals surface area (Å²) in [4.78, 5) is 4.13. The molecular weight excluding hydrogens is 224 g/mol. The van der Waals surface area contributed by atoms with Crippen LogP contribution in [0.3, 0.4) is 0 Å². The van der Waals surface area contributed by atoms with E-state index in [0.29, 0.717) is 5.56 Å². The number of aromatic nitrogens is 2. The third-order valence-corrected chi connectivity index (χ3v) is 2.86. The minimum Gasteiger partial charge on any atom is -0.334 e. The van der Waals surface area contributed by atoms with Crippen LogP contribution < -0.4 is 5.32 Å². The molecule has 0 unspecified atom stereocenters. The Kier molecular flexibility index (Phi) is 4.11. The second kappa shape index (κ2) is 5.99. The summed E-state index contributed by atoms with van der Waals surface area (Å²) < 4.78 is 2.12. The van der Waals surface area contributed by atoms with Crippen LogP contribution in [-0.2, 0) is 19.6 Å². The minimum atomic E-state index is 0.697. The van der Waals surface area contributed by atoms with Crippen molar-refractivity contribution in [3.63, 3.8) is 0 Å². The molecule has 1 aromatic carbocycles. The second-order valence-corrected chi connectivity index (χ2v) is 4.08. The summed E-state index contributed by atoms with van der Waals surface area (Å²) in [6.45, 7) is 4.63. The van der Waals surface area contributed by atoms with E-state index in [9.17, 15) is 0 Å². The van der Waals surface area contributed by atoms with Crippen molar-refractivity contribution in [2.45, 2.75) is 26.6 Å². The summed E-state index contributed by atoms with van der Waals surface area (Å²) in [5, 5.41) is 12.1. The van der Waals surface area contributed by atoms with Crippen molar-refractivity contribution < 1.29 is 0 Å². The van der Waals surface area contributed by atoms with Crippen molar-refractivity contribution in [3.05, 3.63) is 53.6 Å². The first-order chi connectivity index (χ1) is 8.83. The summed E-state index contributed by atoms with van der Waals surface area (Å²) >= 11 is 0. The van der Waals surface area contributed by atoms with Gasteiger partial charge in [-0.1, -0.05) is 12.1 Å². The summed E-state index contributed by atoms with van der Waals surface area (Å²) in [7, 11) is 0. The number of imidazole rings is 1. The molecule has 1 heterocycles. The van der Waals surface area contributed by atoms with E-state index in [1.807, 2.05) is 36.8 Å². The summed E-state index contributed by atoms with van der Waals surface area (Å²) in [5.41, 5.74) is 3.06. The van der Waals surface area contributed by atoms with Gasteiger partial charge in [-0.3, -0.25) is 0 Å². The van der Waals surface area contributed by atoms with Gasteiger partial charge in [-0.25, -0.2) is 4.98 Å². The highest BCUT2D eigenvalue weighted by Gasteiger charge is 2.00. The molecule has 0 aliphatic carbocycles. The lowest BCUT2D eigenvalue weighted by atomic mass is 10.1. The number of benzene rings is 1. The molecule has 0 aliphatic rings. The average Bonchev–Trinajstić information content (AvgIpc) is 2.87. The number of nitrogens with one attached hydrogen (secondary N) is 1. The first kappa shape index (κ1) is 12.3. The van der Waals surface area contributed by atoms with Gasteiger partial charge in [-0.2, -0.15) is 5.26 Å². The van der Waals surface area contributed by atoms with Gasteiger partial charge in [-0.05, 0) is 24.6 Å². The molecule has 1 aromatic heterocycles. The van der Waals surface area contributed by atoms with E-state index in [4.69, 9.17) is 5.26 Å². The van der Waals surface area contributed by atoms with Crippen molar-refractivity contribution in [2.24, 2.45) is 0 Å². The van der Waals surface area contributed by atoms with E-state index >= 15 is 0 Å². The molecule has 0 fully saturated rings. The third kappa shape index (κ3) is 2.96. The molecule has 18 heavy (non-hydrogen) atoms. The van der Waals surface area contributed by atoms with Gasteiger partial charge in [0.2, 0.25) is 0 Å². The minimum absolute atomic E-state index is 0.697. The predicted molar refractivity (Wildman–Crippen MR) is 69.6 cm³/mol. The fourth-order valence-corrected chi connectivity index (χ4v) is 1.81. The smallest absolute Gasteiger partial charge is 0.0991 e. The molecule has 0 bridgehead atoms. The molecule has 4 heteroatoms. The lowest BCUT2D eigenvalue weighted by Crippen LogP contribution is -2.15. The number of hydrogen-bond donors (Lipinski definition) is 1. The van der Waals surface area contributed by atoms with E-state index in [-0.39, 0.29) is 0 Å². The lowest BCUT2D eigenvalue weighted by Gasteiger charge is -2.07. The van der Waals surface area contributed by atoms with Crippen LogP contribution in [0.25, 0.3) is 0 Å². The number of hydrogen-bond acceptors (Lipinski definition) is 3.